The molecule has 2 heteroatoms. The van der Waals surface area contributed by atoms with Gasteiger partial charge < -0.3 is 5.73 Å². The van der Waals surface area contributed by atoms with Gasteiger partial charge in [-0.2, -0.15) is 0 Å². The maximum atomic E-state index is 6.11. The Balaban J connectivity index is 2.09. The van der Waals surface area contributed by atoms with Crippen molar-refractivity contribution in [3.63, 3.8) is 0 Å². The van der Waals surface area contributed by atoms with Gasteiger partial charge in [-0.3, -0.25) is 4.90 Å². The maximum Gasteiger partial charge on any atom is 0.0470 e. The highest BCUT2D eigenvalue weighted by atomic mass is 15.2. The van der Waals surface area contributed by atoms with E-state index in [0.717, 1.165) is 5.92 Å². The van der Waals surface area contributed by atoms with Gasteiger partial charge in [0.25, 0.3) is 0 Å². The Hall–Kier alpha value is -0.860. The molecule has 1 atom stereocenters. The van der Waals surface area contributed by atoms with Crippen LogP contribution in [0.25, 0.3) is 0 Å². The first-order valence-corrected chi connectivity index (χ1v) is 8.33. The largest absolute Gasteiger partial charge is 0.329 e. The zero-order valence-electron chi connectivity index (χ0n) is 14.4. The highest BCUT2D eigenvalue weighted by Crippen LogP contribution is 2.36. The van der Waals surface area contributed by atoms with Gasteiger partial charge in [0.15, 0.2) is 0 Å². The number of piperidine rings is 1. The number of hydrogen-bond donors (Lipinski definition) is 1. The van der Waals surface area contributed by atoms with Crippen LogP contribution in [-0.4, -0.2) is 24.5 Å². The minimum Gasteiger partial charge on any atom is -0.329 e. The lowest BCUT2D eigenvalue weighted by Crippen LogP contribution is -2.42. The Morgan fingerprint density at radius 3 is 2.05 bits per heavy atom. The summed E-state index contributed by atoms with van der Waals surface area (Å²) in [6.07, 6.45) is 2.59. The summed E-state index contributed by atoms with van der Waals surface area (Å²) in [6, 6.07) is 7.23. The van der Waals surface area contributed by atoms with Gasteiger partial charge in [-0.15, -0.1) is 0 Å². The molecule has 2 nitrogen and oxygen atoms in total. The number of benzene rings is 1. The molecule has 1 aromatic carbocycles. The molecule has 1 saturated heterocycles. The van der Waals surface area contributed by atoms with E-state index in [4.69, 9.17) is 5.73 Å². The summed E-state index contributed by atoms with van der Waals surface area (Å²) in [5.74, 6) is 0.839. The van der Waals surface area contributed by atoms with Gasteiger partial charge in [-0.05, 0) is 56.7 Å². The van der Waals surface area contributed by atoms with Crippen LogP contribution in [0.3, 0.4) is 0 Å². The third-order valence-electron chi connectivity index (χ3n) is 5.05. The highest BCUT2D eigenvalue weighted by Gasteiger charge is 2.31. The van der Waals surface area contributed by atoms with Crippen LogP contribution in [0.1, 0.15) is 56.3 Å². The molecule has 0 saturated carbocycles. The van der Waals surface area contributed by atoms with Gasteiger partial charge in [-0.1, -0.05) is 50.1 Å². The standard InChI is InChI=1S/C19H32N2/c1-14-10-15(2)12-16(11-14)18(13-20)21-8-6-17(7-9-21)19(3,4)5/h10-12,17-18H,6-9,13,20H2,1-5H3. The summed E-state index contributed by atoms with van der Waals surface area (Å²) >= 11 is 0. The van der Waals surface area contributed by atoms with Crippen LogP contribution in [0.5, 0.6) is 0 Å². The Kier molecular flexibility index (Phi) is 5.11. The fourth-order valence-corrected chi connectivity index (χ4v) is 3.78. The van der Waals surface area contributed by atoms with Gasteiger partial charge in [0.2, 0.25) is 0 Å². The van der Waals surface area contributed by atoms with Gasteiger partial charge in [0.1, 0.15) is 0 Å². The lowest BCUT2D eigenvalue weighted by atomic mass is 9.75. The van der Waals surface area contributed by atoms with E-state index in [1.165, 1.54) is 42.6 Å². The molecule has 1 heterocycles. The minimum atomic E-state index is 0.379. The number of nitrogens with zero attached hydrogens (tertiary/aromatic N) is 1. The summed E-state index contributed by atoms with van der Waals surface area (Å²) in [5, 5.41) is 0. The van der Waals surface area contributed by atoms with E-state index in [2.05, 4.69) is 57.7 Å². The van der Waals surface area contributed by atoms with E-state index in [9.17, 15) is 0 Å². The number of rotatable bonds is 3. The van der Waals surface area contributed by atoms with Crippen molar-refractivity contribution in [1.82, 2.24) is 4.90 Å². The first-order chi connectivity index (χ1) is 9.81. The fraction of sp³-hybridized carbons (Fsp3) is 0.684. The molecule has 2 N–H and O–H groups in total. The SMILES string of the molecule is Cc1cc(C)cc(C(CN)N2CCC(C(C)(C)C)CC2)c1. The molecule has 0 aromatic heterocycles. The van der Waals surface area contributed by atoms with Crippen molar-refractivity contribution in [1.29, 1.82) is 0 Å². The molecule has 0 spiro atoms. The Bertz CT molecular complexity index is 445. The highest BCUT2D eigenvalue weighted by molar-refractivity contribution is 5.31. The summed E-state index contributed by atoms with van der Waals surface area (Å²) in [6.45, 7) is 14.5. The number of aryl methyl sites for hydroxylation is 2. The third kappa shape index (κ3) is 4.08. The van der Waals surface area contributed by atoms with E-state index in [0.29, 0.717) is 18.0 Å². The quantitative estimate of drug-likeness (QED) is 0.908. The molecule has 21 heavy (non-hydrogen) atoms. The zero-order chi connectivity index (χ0) is 15.6. The first kappa shape index (κ1) is 16.5. The normalized spacial score (nSPS) is 19.7. The van der Waals surface area contributed by atoms with Crippen molar-refractivity contribution < 1.29 is 0 Å². The van der Waals surface area contributed by atoms with Crippen molar-refractivity contribution in [3.05, 3.63) is 34.9 Å². The molecule has 1 fully saturated rings. The predicted octanol–water partition coefficient (Wildman–Crippen LogP) is 4.06. The van der Waals surface area contributed by atoms with Crippen molar-refractivity contribution >= 4 is 0 Å². The minimum absolute atomic E-state index is 0.379. The second-order valence-electron chi connectivity index (χ2n) is 7.85. The second kappa shape index (κ2) is 6.50. The van der Waals surface area contributed by atoms with Gasteiger partial charge >= 0.3 is 0 Å². The van der Waals surface area contributed by atoms with E-state index in [-0.39, 0.29) is 0 Å². The predicted molar refractivity (Wildman–Crippen MR) is 91.5 cm³/mol. The Labute approximate surface area is 130 Å². The van der Waals surface area contributed by atoms with Crippen LogP contribution < -0.4 is 5.73 Å². The molecule has 1 unspecified atom stereocenters. The van der Waals surface area contributed by atoms with Crippen molar-refractivity contribution in [2.45, 2.75) is 53.5 Å². The second-order valence-corrected chi connectivity index (χ2v) is 7.85. The summed E-state index contributed by atoms with van der Waals surface area (Å²) in [4.78, 5) is 2.59. The van der Waals surface area contributed by atoms with Gasteiger partial charge in [0, 0.05) is 12.6 Å². The van der Waals surface area contributed by atoms with Crippen LogP contribution in [0.4, 0.5) is 0 Å². The van der Waals surface area contributed by atoms with Crippen LogP contribution in [0, 0.1) is 25.2 Å². The molecule has 1 aromatic rings. The van der Waals surface area contributed by atoms with Crippen LogP contribution in [0.15, 0.2) is 18.2 Å². The van der Waals surface area contributed by atoms with Crippen molar-refractivity contribution in [2.75, 3.05) is 19.6 Å². The molecule has 1 aliphatic heterocycles. The number of nitrogens with two attached hydrogens (primary N) is 1. The maximum absolute atomic E-state index is 6.11. The van der Waals surface area contributed by atoms with Gasteiger partial charge in [-0.25, -0.2) is 0 Å². The van der Waals surface area contributed by atoms with E-state index >= 15 is 0 Å². The van der Waals surface area contributed by atoms with Crippen LogP contribution in [0.2, 0.25) is 0 Å². The number of hydrogen-bond acceptors (Lipinski definition) is 2. The number of likely N-dealkylation sites (tertiary alicyclic amines) is 1. The fourth-order valence-electron chi connectivity index (χ4n) is 3.78. The topological polar surface area (TPSA) is 29.3 Å². The molecule has 1 aliphatic rings. The molecule has 2 rings (SSSR count). The Morgan fingerprint density at radius 2 is 1.62 bits per heavy atom. The lowest BCUT2D eigenvalue weighted by Gasteiger charge is -2.42. The molecular formula is C19H32N2. The van der Waals surface area contributed by atoms with Crippen LogP contribution >= 0.6 is 0 Å². The molecule has 0 aliphatic carbocycles. The molecular weight excluding hydrogens is 256 g/mol. The molecule has 0 amide bonds. The summed E-state index contributed by atoms with van der Waals surface area (Å²) in [5.41, 5.74) is 10.6. The first-order valence-electron chi connectivity index (χ1n) is 8.33. The zero-order valence-corrected chi connectivity index (χ0v) is 14.4. The molecule has 118 valence electrons. The van der Waals surface area contributed by atoms with Gasteiger partial charge in [0.05, 0.1) is 0 Å². The monoisotopic (exact) mass is 288 g/mol. The van der Waals surface area contributed by atoms with Crippen molar-refractivity contribution in [3.8, 4) is 0 Å². The van der Waals surface area contributed by atoms with E-state index in [1.54, 1.807) is 0 Å². The lowest BCUT2D eigenvalue weighted by molar-refractivity contribution is 0.0846. The Morgan fingerprint density at radius 1 is 1.10 bits per heavy atom. The average Bonchev–Trinajstić information content (AvgIpc) is 2.38. The summed E-state index contributed by atoms with van der Waals surface area (Å²) in [7, 11) is 0. The van der Waals surface area contributed by atoms with E-state index < -0.39 is 0 Å². The average molecular weight is 288 g/mol. The third-order valence-corrected chi connectivity index (χ3v) is 5.05. The van der Waals surface area contributed by atoms with Crippen molar-refractivity contribution in [2.24, 2.45) is 17.1 Å². The molecule has 0 bridgehead atoms. The molecule has 0 radical (unpaired) electrons. The van der Waals surface area contributed by atoms with E-state index in [1.807, 2.05) is 0 Å². The smallest absolute Gasteiger partial charge is 0.0470 e. The summed E-state index contributed by atoms with van der Waals surface area (Å²) < 4.78 is 0. The van der Waals surface area contributed by atoms with Crippen LogP contribution in [-0.2, 0) is 0 Å².